The molecule has 0 spiro atoms. The standard InChI is InChI=1S/C18H25N5OS.HI/c1-4-15-11-21-16(25-15)12-23-18(19-3)22-10-13-6-8-14(9-7-13)17(24)20-5-2;/h6-9,11H,4-5,10,12H2,1-3H3,(H,20,24)(H2,19,22,23);1H. The Balaban J connectivity index is 0.00000338. The average molecular weight is 487 g/mol. The number of nitrogens with zero attached hydrogens (tertiary/aromatic N) is 2. The van der Waals surface area contributed by atoms with Gasteiger partial charge in [-0.15, -0.1) is 35.3 Å². The molecule has 0 bridgehead atoms. The van der Waals surface area contributed by atoms with Crippen molar-refractivity contribution in [1.29, 1.82) is 0 Å². The summed E-state index contributed by atoms with van der Waals surface area (Å²) in [5.41, 5.74) is 1.75. The van der Waals surface area contributed by atoms with Gasteiger partial charge < -0.3 is 16.0 Å². The van der Waals surface area contributed by atoms with Gasteiger partial charge in [-0.05, 0) is 31.0 Å². The number of thiazole rings is 1. The molecule has 0 aliphatic rings. The van der Waals surface area contributed by atoms with E-state index in [9.17, 15) is 4.79 Å². The number of rotatable bonds is 7. The predicted molar refractivity (Wildman–Crippen MR) is 118 cm³/mol. The van der Waals surface area contributed by atoms with Gasteiger partial charge in [-0.2, -0.15) is 0 Å². The molecule has 0 aliphatic carbocycles. The Hall–Kier alpha value is -1.68. The van der Waals surface area contributed by atoms with Crippen molar-refractivity contribution in [3.8, 4) is 0 Å². The van der Waals surface area contributed by atoms with Crippen LogP contribution in [0.25, 0.3) is 0 Å². The zero-order valence-electron chi connectivity index (χ0n) is 15.3. The number of benzene rings is 1. The predicted octanol–water partition coefficient (Wildman–Crippen LogP) is 2.94. The third-order valence-electron chi connectivity index (χ3n) is 3.59. The zero-order valence-corrected chi connectivity index (χ0v) is 18.5. The van der Waals surface area contributed by atoms with Crippen LogP contribution in [-0.4, -0.2) is 30.4 Å². The second kappa shape index (κ2) is 11.8. The second-order valence-corrected chi connectivity index (χ2v) is 6.61. The molecule has 1 aromatic heterocycles. The van der Waals surface area contributed by atoms with Gasteiger partial charge in [-0.3, -0.25) is 9.79 Å². The maximum Gasteiger partial charge on any atom is 0.251 e. The molecule has 142 valence electrons. The highest BCUT2D eigenvalue weighted by Gasteiger charge is 2.05. The summed E-state index contributed by atoms with van der Waals surface area (Å²) in [7, 11) is 1.74. The first kappa shape index (κ1) is 22.4. The smallest absolute Gasteiger partial charge is 0.251 e. The number of amides is 1. The van der Waals surface area contributed by atoms with Crippen LogP contribution in [0.2, 0.25) is 0 Å². The topological polar surface area (TPSA) is 78.4 Å². The minimum atomic E-state index is -0.0469. The number of hydrogen-bond donors (Lipinski definition) is 3. The van der Waals surface area contributed by atoms with Gasteiger partial charge in [-0.1, -0.05) is 19.1 Å². The first-order valence-electron chi connectivity index (χ1n) is 8.41. The number of hydrogen-bond acceptors (Lipinski definition) is 4. The zero-order chi connectivity index (χ0) is 18.1. The van der Waals surface area contributed by atoms with E-state index in [0.717, 1.165) is 23.0 Å². The fraction of sp³-hybridized carbons (Fsp3) is 0.389. The van der Waals surface area contributed by atoms with E-state index in [1.54, 1.807) is 18.4 Å². The maximum absolute atomic E-state index is 11.8. The maximum atomic E-state index is 11.8. The van der Waals surface area contributed by atoms with Gasteiger partial charge in [0.1, 0.15) is 5.01 Å². The van der Waals surface area contributed by atoms with Gasteiger partial charge in [0, 0.05) is 36.8 Å². The van der Waals surface area contributed by atoms with Crippen LogP contribution >= 0.6 is 35.3 Å². The normalized spacial score (nSPS) is 10.8. The molecule has 1 amide bonds. The minimum Gasteiger partial charge on any atom is -0.352 e. The lowest BCUT2D eigenvalue weighted by molar-refractivity contribution is 0.0956. The van der Waals surface area contributed by atoms with Gasteiger partial charge in [0.2, 0.25) is 0 Å². The van der Waals surface area contributed by atoms with Crippen LogP contribution in [0.15, 0.2) is 35.5 Å². The van der Waals surface area contributed by atoms with Crippen LogP contribution in [0, 0.1) is 0 Å². The SMILES string of the molecule is CCNC(=O)c1ccc(CNC(=NC)NCc2ncc(CC)s2)cc1.I. The van der Waals surface area contributed by atoms with E-state index in [1.807, 2.05) is 37.4 Å². The van der Waals surface area contributed by atoms with Gasteiger partial charge >= 0.3 is 0 Å². The Kier molecular flexibility index (Phi) is 10.2. The van der Waals surface area contributed by atoms with Crippen LogP contribution in [0.3, 0.4) is 0 Å². The summed E-state index contributed by atoms with van der Waals surface area (Å²) in [6, 6.07) is 7.55. The monoisotopic (exact) mass is 487 g/mol. The van der Waals surface area contributed by atoms with Crippen LogP contribution in [-0.2, 0) is 19.5 Å². The highest BCUT2D eigenvalue weighted by Crippen LogP contribution is 2.12. The summed E-state index contributed by atoms with van der Waals surface area (Å²) in [6.07, 6.45) is 2.94. The Bertz CT molecular complexity index is 715. The van der Waals surface area contributed by atoms with Crippen molar-refractivity contribution < 1.29 is 4.79 Å². The molecule has 1 aromatic carbocycles. The molecule has 0 aliphatic heterocycles. The van der Waals surface area contributed by atoms with Gasteiger partial charge in [0.25, 0.3) is 5.91 Å². The van der Waals surface area contributed by atoms with Crippen LogP contribution in [0.4, 0.5) is 0 Å². The molecule has 0 fully saturated rings. The molecule has 0 unspecified atom stereocenters. The van der Waals surface area contributed by atoms with Crippen molar-refractivity contribution in [2.24, 2.45) is 4.99 Å². The van der Waals surface area contributed by atoms with E-state index in [-0.39, 0.29) is 29.9 Å². The van der Waals surface area contributed by atoms with Crippen LogP contribution in [0.1, 0.15) is 39.7 Å². The van der Waals surface area contributed by atoms with Gasteiger partial charge in [-0.25, -0.2) is 4.98 Å². The van der Waals surface area contributed by atoms with Crippen LogP contribution in [0.5, 0.6) is 0 Å². The van der Waals surface area contributed by atoms with E-state index >= 15 is 0 Å². The summed E-state index contributed by atoms with van der Waals surface area (Å²) in [5, 5.41) is 10.4. The fourth-order valence-electron chi connectivity index (χ4n) is 2.20. The molecule has 8 heteroatoms. The largest absolute Gasteiger partial charge is 0.352 e. The molecule has 0 saturated heterocycles. The summed E-state index contributed by atoms with van der Waals surface area (Å²) in [6.45, 7) is 5.95. The molecular formula is C18H26IN5OS. The van der Waals surface area contributed by atoms with Crippen molar-refractivity contribution in [1.82, 2.24) is 20.9 Å². The summed E-state index contributed by atoms with van der Waals surface area (Å²) in [5.74, 6) is 0.676. The molecule has 26 heavy (non-hydrogen) atoms. The number of guanidine groups is 1. The van der Waals surface area contributed by atoms with Gasteiger partial charge in [0.15, 0.2) is 5.96 Å². The van der Waals surface area contributed by atoms with Crippen molar-refractivity contribution in [3.05, 3.63) is 51.5 Å². The molecule has 3 N–H and O–H groups in total. The fourth-order valence-corrected chi connectivity index (χ4v) is 3.00. The lowest BCUT2D eigenvalue weighted by Gasteiger charge is -2.11. The quantitative estimate of drug-likeness (QED) is 0.319. The summed E-state index contributed by atoms with van der Waals surface area (Å²) in [4.78, 5) is 21.6. The van der Waals surface area contributed by atoms with E-state index in [0.29, 0.717) is 25.2 Å². The third-order valence-corrected chi connectivity index (χ3v) is 4.74. The Morgan fingerprint density at radius 2 is 1.81 bits per heavy atom. The van der Waals surface area contributed by atoms with Crippen molar-refractivity contribution in [2.45, 2.75) is 33.4 Å². The number of halogens is 1. The third kappa shape index (κ3) is 6.91. The molecule has 0 atom stereocenters. The highest BCUT2D eigenvalue weighted by atomic mass is 127. The Labute approximate surface area is 175 Å². The summed E-state index contributed by atoms with van der Waals surface area (Å²) >= 11 is 1.71. The van der Waals surface area contributed by atoms with Crippen molar-refractivity contribution in [2.75, 3.05) is 13.6 Å². The van der Waals surface area contributed by atoms with E-state index in [1.165, 1.54) is 4.88 Å². The molecule has 6 nitrogen and oxygen atoms in total. The number of carbonyl (C=O) groups excluding carboxylic acids is 1. The van der Waals surface area contributed by atoms with E-state index in [4.69, 9.17) is 0 Å². The lowest BCUT2D eigenvalue weighted by Crippen LogP contribution is -2.36. The molecular weight excluding hydrogens is 461 g/mol. The number of aryl methyl sites for hydroxylation is 1. The second-order valence-electron chi connectivity index (χ2n) is 5.41. The Morgan fingerprint density at radius 3 is 2.38 bits per heavy atom. The van der Waals surface area contributed by atoms with Gasteiger partial charge in [0.05, 0.1) is 6.54 Å². The van der Waals surface area contributed by atoms with Crippen LogP contribution < -0.4 is 16.0 Å². The van der Waals surface area contributed by atoms with E-state index < -0.39 is 0 Å². The minimum absolute atomic E-state index is 0. The van der Waals surface area contributed by atoms with E-state index in [2.05, 4.69) is 32.9 Å². The molecule has 0 radical (unpaired) electrons. The molecule has 0 saturated carbocycles. The number of nitrogens with one attached hydrogen (secondary N) is 3. The number of aromatic nitrogens is 1. The Morgan fingerprint density at radius 1 is 1.12 bits per heavy atom. The lowest BCUT2D eigenvalue weighted by atomic mass is 10.1. The van der Waals surface area contributed by atoms with Crippen molar-refractivity contribution >= 4 is 47.2 Å². The first-order chi connectivity index (χ1) is 12.2. The highest BCUT2D eigenvalue weighted by molar-refractivity contribution is 14.0. The molecule has 2 rings (SSSR count). The summed E-state index contributed by atoms with van der Waals surface area (Å²) < 4.78 is 0. The van der Waals surface area contributed by atoms with Crippen molar-refractivity contribution in [3.63, 3.8) is 0 Å². The molecule has 2 aromatic rings. The first-order valence-corrected chi connectivity index (χ1v) is 9.23. The number of carbonyl (C=O) groups is 1. The number of aliphatic imine (C=N–C) groups is 1. The molecule has 1 heterocycles. The average Bonchev–Trinajstić information content (AvgIpc) is 3.10.